The molecular formula is C15H12O2. The second-order valence-corrected chi connectivity index (χ2v) is 3.89. The minimum absolute atomic E-state index is 0.125. The third kappa shape index (κ3) is 2.67. The van der Waals surface area contributed by atoms with Crippen molar-refractivity contribution in [1.82, 2.24) is 0 Å². The fourth-order valence-corrected chi connectivity index (χ4v) is 1.66. The normalized spacial score (nSPS) is 16.1. The summed E-state index contributed by atoms with van der Waals surface area (Å²) in [5, 5.41) is 0. The summed E-state index contributed by atoms with van der Waals surface area (Å²) >= 11 is 0. The summed E-state index contributed by atoms with van der Waals surface area (Å²) in [4.78, 5) is 22.7. The number of benzene rings is 1. The van der Waals surface area contributed by atoms with E-state index in [1.54, 1.807) is 6.08 Å². The Morgan fingerprint density at radius 1 is 1.06 bits per heavy atom. The van der Waals surface area contributed by atoms with Crippen LogP contribution in [-0.4, -0.2) is 11.6 Å². The first kappa shape index (κ1) is 11.3. The molecule has 1 aromatic rings. The highest BCUT2D eigenvalue weighted by Crippen LogP contribution is 2.17. The van der Waals surface area contributed by atoms with E-state index in [2.05, 4.69) is 0 Å². The molecule has 0 saturated heterocycles. The van der Waals surface area contributed by atoms with Gasteiger partial charge in [0.1, 0.15) is 0 Å². The summed E-state index contributed by atoms with van der Waals surface area (Å²) in [6.45, 7) is 1.92. The largest absolute Gasteiger partial charge is 0.290 e. The topological polar surface area (TPSA) is 34.1 Å². The van der Waals surface area contributed by atoms with Crippen LogP contribution < -0.4 is 0 Å². The summed E-state index contributed by atoms with van der Waals surface area (Å²) in [5.41, 5.74) is 2.45. The molecule has 1 aliphatic carbocycles. The van der Waals surface area contributed by atoms with E-state index in [0.717, 1.165) is 11.1 Å². The zero-order valence-corrected chi connectivity index (χ0v) is 9.51. The van der Waals surface area contributed by atoms with E-state index < -0.39 is 0 Å². The van der Waals surface area contributed by atoms with Crippen molar-refractivity contribution in [3.8, 4) is 0 Å². The maximum absolute atomic E-state index is 11.6. The van der Waals surface area contributed by atoms with E-state index >= 15 is 0 Å². The standard InChI is InChI=1S/C15H12O2/c1-11(12-5-3-2-4-6-12)9-13-10-14(16)7-8-15(13)17/h2-10H,1H3/b11-9+. The fourth-order valence-electron chi connectivity index (χ4n) is 1.66. The summed E-state index contributed by atoms with van der Waals surface area (Å²) in [6, 6.07) is 9.76. The van der Waals surface area contributed by atoms with Gasteiger partial charge in [0.25, 0.3) is 0 Å². The highest BCUT2D eigenvalue weighted by atomic mass is 16.1. The van der Waals surface area contributed by atoms with Gasteiger partial charge in [-0.05, 0) is 42.4 Å². The van der Waals surface area contributed by atoms with E-state index in [1.807, 2.05) is 37.3 Å². The summed E-state index contributed by atoms with van der Waals surface area (Å²) in [5.74, 6) is -0.267. The van der Waals surface area contributed by atoms with Crippen molar-refractivity contribution in [3.05, 3.63) is 65.8 Å². The molecule has 1 aliphatic rings. The zero-order chi connectivity index (χ0) is 12.3. The molecular weight excluding hydrogens is 212 g/mol. The molecule has 2 nitrogen and oxygen atoms in total. The van der Waals surface area contributed by atoms with Crippen LogP contribution in [0.4, 0.5) is 0 Å². The van der Waals surface area contributed by atoms with Crippen molar-refractivity contribution < 1.29 is 9.59 Å². The van der Waals surface area contributed by atoms with Gasteiger partial charge in [-0.15, -0.1) is 0 Å². The number of ketones is 2. The Morgan fingerprint density at radius 2 is 1.76 bits per heavy atom. The van der Waals surface area contributed by atoms with E-state index in [9.17, 15) is 9.59 Å². The summed E-state index contributed by atoms with van der Waals surface area (Å²) in [7, 11) is 0. The third-order valence-electron chi connectivity index (χ3n) is 2.58. The zero-order valence-electron chi connectivity index (χ0n) is 9.51. The van der Waals surface area contributed by atoms with Crippen molar-refractivity contribution in [2.24, 2.45) is 0 Å². The van der Waals surface area contributed by atoms with Crippen LogP contribution in [0.1, 0.15) is 12.5 Å². The lowest BCUT2D eigenvalue weighted by Crippen LogP contribution is -2.05. The fraction of sp³-hybridized carbons (Fsp3) is 0.0667. The Morgan fingerprint density at radius 3 is 2.47 bits per heavy atom. The van der Waals surface area contributed by atoms with Crippen LogP contribution in [0.3, 0.4) is 0 Å². The van der Waals surface area contributed by atoms with Gasteiger partial charge in [-0.3, -0.25) is 9.59 Å². The van der Waals surface area contributed by atoms with Crippen LogP contribution in [0.2, 0.25) is 0 Å². The minimum Gasteiger partial charge on any atom is -0.290 e. The number of carbonyl (C=O) groups excluding carboxylic acids is 2. The van der Waals surface area contributed by atoms with Gasteiger partial charge in [0.2, 0.25) is 0 Å². The van der Waals surface area contributed by atoms with E-state index in [1.165, 1.54) is 18.2 Å². The molecule has 0 N–H and O–H groups in total. The second-order valence-electron chi connectivity index (χ2n) is 3.89. The Balaban J connectivity index is 2.31. The Hall–Kier alpha value is -2.22. The molecule has 0 atom stereocenters. The lowest BCUT2D eigenvalue weighted by Gasteiger charge is -2.05. The average Bonchev–Trinajstić information content (AvgIpc) is 2.35. The number of carbonyl (C=O) groups is 2. The average molecular weight is 224 g/mol. The van der Waals surface area contributed by atoms with Crippen LogP contribution in [0.15, 0.2) is 60.2 Å². The monoisotopic (exact) mass is 224 g/mol. The highest BCUT2D eigenvalue weighted by Gasteiger charge is 2.11. The van der Waals surface area contributed by atoms with Crippen molar-refractivity contribution in [1.29, 1.82) is 0 Å². The molecule has 0 amide bonds. The Bertz CT molecular complexity index is 546. The van der Waals surface area contributed by atoms with Gasteiger partial charge in [-0.25, -0.2) is 0 Å². The molecule has 0 spiro atoms. The van der Waals surface area contributed by atoms with E-state index in [-0.39, 0.29) is 11.6 Å². The molecule has 0 fully saturated rings. The quantitative estimate of drug-likeness (QED) is 0.724. The highest BCUT2D eigenvalue weighted by molar-refractivity contribution is 6.19. The van der Waals surface area contributed by atoms with Gasteiger partial charge in [0.15, 0.2) is 11.6 Å². The molecule has 17 heavy (non-hydrogen) atoms. The van der Waals surface area contributed by atoms with Crippen molar-refractivity contribution in [2.75, 3.05) is 0 Å². The molecule has 0 bridgehead atoms. The van der Waals surface area contributed by atoms with E-state index in [0.29, 0.717) is 5.57 Å². The molecule has 0 saturated carbocycles. The number of allylic oxidation sites excluding steroid dienone is 6. The molecule has 2 heteroatoms. The third-order valence-corrected chi connectivity index (χ3v) is 2.58. The lowest BCUT2D eigenvalue weighted by atomic mass is 9.98. The van der Waals surface area contributed by atoms with E-state index in [4.69, 9.17) is 0 Å². The van der Waals surface area contributed by atoms with Crippen molar-refractivity contribution >= 4 is 17.1 Å². The second kappa shape index (κ2) is 4.74. The maximum Gasteiger partial charge on any atom is 0.186 e. The smallest absolute Gasteiger partial charge is 0.186 e. The molecule has 0 unspecified atom stereocenters. The number of hydrogen-bond acceptors (Lipinski definition) is 2. The first-order valence-corrected chi connectivity index (χ1v) is 5.38. The van der Waals surface area contributed by atoms with Crippen molar-refractivity contribution in [2.45, 2.75) is 6.92 Å². The van der Waals surface area contributed by atoms with Crippen LogP contribution in [0, 0.1) is 0 Å². The predicted molar refractivity (Wildman–Crippen MR) is 67.3 cm³/mol. The molecule has 1 aromatic carbocycles. The molecule has 0 radical (unpaired) electrons. The molecule has 0 aliphatic heterocycles. The first-order valence-electron chi connectivity index (χ1n) is 5.38. The summed E-state index contributed by atoms with van der Waals surface area (Å²) in [6.07, 6.45) is 5.72. The van der Waals surface area contributed by atoms with Crippen LogP contribution in [0.5, 0.6) is 0 Å². The SMILES string of the molecule is C/C(=C\C1=CC(=O)C=CC1=O)c1ccccc1. The lowest BCUT2D eigenvalue weighted by molar-refractivity contribution is -0.114. The minimum atomic E-state index is -0.142. The van der Waals surface area contributed by atoms with Gasteiger partial charge in [-0.2, -0.15) is 0 Å². The van der Waals surface area contributed by atoms with Crippen LogP contribution in [-0.2, 0) is 9.59 Å². The van der Waals surface area contributed by atoms with Crippen LogP contribution >= 0.6 is 0 Å². The Labute approximate surface area is 100.0 Å². The van der Waals surface area contributed by atoms with Gasteiger partial charge in [0.05, 0.1) is 0 Å². The van der Waals surface area contributed by atoms with Crippen molar-refractivity contribution in [3.63, 3.8) is 0 Å². The van der Waals surface area contributed by atoms with Gasteiger partial charge < -0.3 is 0 Å². The van der Waals surface area contributed by atoms with Gasteiger partial charge in [-0.1, -0.05) is 30.3 Å². The molecule has 0 aromatic heterocycles. The number of rotatable bonds is 2. The van der Waals surface area contributed by atoms with Gasteiger partial charge >= 0.3 is 0 Å². The molecule has 84 valence electrons. The Kier molecular flexibility index (Phi) is 3.15. The molecule has 0 heterocycles. The molecule has 2 rings (SSSR count). The number of hydrogen-bond donors (Lipinski definition) is 0. The predicted octanol–water partition coefficient (Wildman–Crippen LogP) is 2.72. The summed E-state index contributed by atoms with van der Waals surface area (Å²) < 4.78 is 0. The first-order chi connectivity index (χ1) is 8.16. The van der Waals surface area contributed by atoms with Gasteiger partial charge in [0, 0.05) is 5.57 Å². The maximum atomic E-state index is 11.6. The van der Waals surface area contributed by atoms with Crippen LogP contribution in [0.25, 0.3) is 5.57 Å².